The highest BCUT2D eigenvalue weighted by Gasteiger charge is 2.42. The average Bonchev–Trinajstić information content (AvgIpc) is 3.09. The monoisotopic (exact) mass is 487 g/mol. The number of rotatable bonds is 2. The van der Waals surface area contributed by atoms with E-state index in [1.165, 1.54) is 4.90 Å². The normalized spacial score (nSPS) is 18.5. The third-order valence-electron chi connectivity index (χ3n) is 4.71. The second kappa shape index (κ2) is 7.40. The van der Waals surface area contributed by atoms with Crippen LogP contribution in [0.3, 0.4) is 0 Å². The first-order valence-corrected chi connectivity index (χ1v) is 10.6. The SMILES string of the molecule is Cc1ccccc1C(=O)NN1C(=O)/C(=C2/C(=O)N(C)c3ccc(Br)cc32)SC1=S. The Morgan fingerprint density at radius 2 is 1.86 bits per heavy atom. The van der Waals surface area contributed by atoms with Crippen molar-refractivity contribution in [1.82, 2.24) is 10.4 Å². The van der Waals surface area contributed by atoms with E-state index in [2.05, 4.69) is 21.4 Å². The number of halogens is 1. The fourth-order valence-electron chi connectivity index (χ4n) is 3.22. The Balaban J connectivity index is 1.71. The van der Waals surface area contributed by atoms with Gasteiger partial charge in [-0.05, 0) is 49.0 Å². The minimum Gasteiger partial charge on any atom is -0.311 e. The number of amides is 3. The summed E-state index contributed by atoms with van der Waals surface area (Å²) in [7, 11) is 1.66. The maximum atomic E-state index is 13.1. The first-order chi connectivity index (χ1) is 13.8. The van der Waals surface area contributed by atoms with Crippen LogP contribution in [-0.2, 0) is 9.59 Å². The topological polar surface area (TPSA) is 69.7 Å². The van der Waals surface area contributed by atoms with Crippen LogP contribution in [0.5, 0.6) is 0 Å². The van der Waals surface area contributed by atoms with E-state index in [0.717, 1.165) is 26.8 Å². The molecule has 2 aromatic carbocycles. The van der Waals surface area contributed by atoms with E-state index in [1.807, 2.05) is 31.2 Å². The molecule has 2 aliphatic heterocycles. The largest absolute Gasteiger partial charge is 0.311 e. The molecule has 0 unspecified atom stereocenters. The van der Waals surface area contributed by atoms with Gasteiger partial charge in [0, 0.05) is 22.6 Å². The summed E-state index contributed by atoms with van der Waals surface area (Å²) in [5.74, 6) is -1.25. The van der Waals surface area contributed by atoms with Gasteiger partial charge in [-0.25, -0.2) is 0 Å². The lowest BCUT2D eigenvalue weighted by Crippen LogP contribution is -2.45. The summed E-state index contributed by atoms with van der Waals surface area (Å²) in [5, 5.41) is 1.03. The van der Waals surface area contributed by atoms with Gasteiger partial charge >= 0.3 is 0 Å². The number of hydrogen-bond acceptors (Lipinski definition) is 5. The van der Waals surface area contributed by atoms with Gasteiger partial charge in [0.25, 0.3) is 17.7 Å². The zero-order valence-electron chi connectivity index (χ0n) is 15.4. The summed E-state index contributed by atoms with van der Waals surface area (Å²) < 4.78 is 0.957. The predicted octanol–water partition coefficient (Wildman–Crippen LogP) is 3.65. The van der Waals surface area contributed by atoms with Crippen LogP contribution in [0.2, 0.25) is 0 Å². The number of thiocarbonyl (C=S) groups is 1. The van der Waals surface area contributed by atoms with Crippen LogP contribution in [0.15, 0.2) is 51.8 Å². The zero-order valence-corrected chi connectivity index (χ0v) is 18.6. The molecule has 9 heteroatoms. The molecule has 0 spiro atoms. The Kier molecular flexibility index (Phi) is 5.05. The summed E-state index contributed by atoms with van der Waals surface area (Å²) in [6.45, 7) is 1.81. The van der Waals surface area contributed by atoms with E-state index < -0.39 is 11.8 Å². The molecule has 1 saturated heterocycles. The van der Waals surface area contributed by atoms with Crippen LogP contribution >= 0.6 is 39.9 Å². The van der Waals surface area contributed by atoms with Crippen molar-refractivity contribution >= 4 is 73.2 Å². The molecule has 0 bridgehead atoms. The van der Waals surface area contributed by atoms with Crippen LogP contribution in [-0.4, -0.2) is 34.1 Å². The van der Waals surface area contributed by atoms with Gasteiger partial charge in [0.2, 0.25) is 0 Å². The van der Waals surface area contributed by atoms with Crippen molar-refractivity contribution < 1.29 is 14.4 Å². The number of nitrogens with zero attached hydrogens (tertiary/aromatic N) is 2. The number of anilines is 1. The zero-order chi connectivity index (χ0) is 20.9. The van der Waals surface area contributed by atoms with Crippen LogP contribution in [0.25, 0.3) is 5.57 Å². The number of hydrogen-bond donors (Lipinski definition) is 1. The van der Waals surface area contributed by atoms with Crippen molar-refractivity contribution in [2.75, 3.05) is 11.9 Å². The lowest BCUT2D eigenvalue weighted by Gasteiger charge is -2.16. The van der Waals surface area contributed by atoms with E-state index in [0.29, 0.717) is 16.8 Å². The third-order valence-corrected chi connectivity index (χ3v) is 6.57. The lowest BCUT2D eigenvalue weighted by molar-refractivity contribution is -0.124. The maximum Gasteiger partial charge on any atom is 0.286 e. The highest BCUT2D eigenvalue weighted by Crippen LogP contribution is 2.44. The number of aryl methyl sites for hydroxylation is 1. The second-order valence-corrected chi connectivity index (χ2v) is 9.05. The van der Waals surface area contributed by atoms with E-state index in [4.69, 9.17) is 12.2 Å². The second-order valence-electron chi connectivity index (χ2n) is 6.49. The number of carbonyl (C=O) groups is 3. The molecule has 2 heterocycles. The first-order valence-electron chi connectivity index (χ1n) is 8.54. The van der Waals surface area contributed by atoms with Crippen LogP contribution in [0.4, 0.5) is 5.69 Å². The molecule has 0 radical (unpaired) electrons. The molecule has 2 aliphatic rings. The smallest absolute Gasteiger partial charge is 0.286 e. The van der Waals surface area contributed by atoms with Gasteiger partial charge in [0.05, 0.1) is 16.2 Å². The Hall–Kier alpha value is -2.49. The number of fused-ring (bicyclic) bond motifs is 1. The van der Waals surface area contributed by atoms with Gasteiger partial charge in [0.15, 0.2) is 4.32 Å². The van der Waals surface area contributed by atoms with Crippen molar-refractivity contribution in [2.45, 2.75) is 6.92 Å². The summed E-state index contributed by atoms with van der Waals surface area (Å²) in [5.41, 5.74) is 5.43. The average molecular weight is 488 g/mol. The van der Waals surface area contributed by atoms with E-state index >= 15 is 0 Å². The van der Waals surface area contributed by atoms with Crippen molar-refractivity contribution in [3.05, 3.63) is 68.5 Å². The predicted molar refractivity (Wildman–Crippen MR) is 120 cm³/mol. The third kappa shape index (κ3) is 3.29. The molecule has 0 aromatic heterocycles. The molecule has 0 atom stereocenters. The molecule has 4 rings (SSSR count). The van der Waals surface area contributed by atoms with Crippen LogP contribution < -0.4 is 10.3 Å². The lowest BCUT2D eigenvalue weighted by atomic mass is 10.1. The quantitative estimate of drug-likeness (QED) is 0.517. The highest BCUT2D eigenvalue weighted by molar-refractivity contribution is 9.10. The number of hydrazine groups is 1. The molecule has 0 saturated carbocycles. The molecule has 1 N–H and O–H groups in total. The molecule has 2 aromatic rings. The van der Waals surface area contributed by atoms with Crippen LogP contribution in [0, 0.1) is 6.92 Å². The molecule has 1 fully saturated rings. The van der Waals surface area contributed by atoms with E-state index in [1.54, 1.807) is 25.2 Å². The molecule has 3 amide bonds. The standard InChI is InChI=1S/C20H14BrN3O3S2/c1-10-5-3-4-6-12(10)17(25)22-24-19(27)16(29-20(24)28)15-13-9-11(21)7-8-14(13)23(2)18(15)26/h3-9H,1-2H3,(H,22,25)/b16-15-. The molecule has 0 aliphatic carbocycles. The number of benzene rings is 2. The van der Waals surface area contributed by atoms with Gasteiger partial charge < -0.3 is 4.90 Å². The van der Waals surface area contributed by atoms with Gasteiger partial charge in [0.1, 0.15) is 0 Å². The van der Waals surface area contributed by atoms with Crippen molar-refractivity contribution in [1.29, 1.82) is 0 Å². The molecular weight excluding hydrogens is 474 g/mol. The van der Waals surface area contributed by atoms with E-state index in [9.17, 15) is 14.4 Å². The minimum atomic E-state index is -0.522. The fraction of sp³-hybridized carbons (Fsp3) is 0.100. The molecule has 29 heavy (non-hydrogen) atoms. The van der Waals surface area contributed by atoms with Crippen molar-refractivity contribution in [3.63, 3.8) is 0 Å². The fourth-order valence-corrected chi connectivity index (χ4v) is 4.83. The Bertz CT molecular complexity index is 1150. The molecule has 146 valence electrons. The number of likely N-dealkylation sites (N-methyl/N-ethyl adjacent to an activating group) is 1. The van der Waals surface area contributed by atoms with Gasteiger partial charge in [-0.2, -0.15) is 5.01 Å². The first kappa shape index (κ1) is 19.8. The summed E-state index contributed by atoms with van der Waals surface area (Å²) in [6, 6.07) is 12.5. The Morgan fingerprint density at radius 3 is 2.59 bits per heavy atom. The number of carbonyl (C=O) groups excluding carboxylic acids is 3. The van der Waals surface area contributed by atoms with Gasteiger partial charge in [-0.1, -0.05) is 45.9 Å². The maximum absolute atomic E-state index is 13.1. The van der Waals surface area contributed by atoms with Crippen molar-refractivity contribution in [3.8, 4) is 0 Å². The number of thioether (sulfide) groups is 1. The minimum absolute atomic E-state index is 0.165. The number of nitrogens with one attached hydrogen (secondary N) is 1. The molecule has 6 nitrogen and oxygen atoms in total. The Labute approximate surface area is 185 Å². The van der Waals surface area contributed by atoms with Crippen LogP contribution in [0.1, 0.15) is 21.5 Å². The summed E-state index contributed by atoms with van der Waals surface area (Å²) in [4.78, 5) is 40.2. The summed E-state index contributed by atoms with van der Waals surface area (Å²) >= 11 is 9.72. The van der Waals surface area contributed by atoms with Gasteiger partial charge in [-0.3, -0.25) is 19.8 Å². The highest BCUT2D eigenvalue weighted by atomic mass is 79.9. The van der Waals surface area contributed by atoms with Crippen molar-refractivity contribution in [2.24, 2.45) is 0 Å². The Morgan fingerprint density at radius 1 is 1.14 bits per heavy atom. The van der Waals surface area contributed by atoms with Gasteiger partial charge in [-0.15, -0.1) is 0 Å². The molecular formula is C20H14BrN3O3S2. The van der Waals surface area contributed by atoms with E-state index in [-0.39, 0.29) is 20.7 Å². The summed E-state index contributed by atoms with van der Waals surface area (Å²) in [6.07, 6.45) is 0.